The minimum atomic E-state index is -1.56. The van der Waals surface area contributed by atoms with E-state index < -0.39 is 35.8 Å². The van der Waals surface area contributed by atoms with E-state index in [4.69, 9.17) is 33.3 Å². The molecule has 0 unspecified atom stereocenters. The van der Waals surface area contributed by atoms with Crippen LogP contribution >= 0.6 is 0 Å². The van der Waals surface area contributed by atoms with E-state index in [2.05, 4.69) is 23.1 Å². The molecular weight excluding hydrogens is 790 g/mol. The fourth-order valence-electron chi connectivity index (χ4n) is 9.17. The monoisotopic (exact) mass is 845 g/mol. The lowest BCUT2D eigenvalue weighted by Gasteiger charge is -2.59. The topological polar surface area (TPSA) is 167 Å². The first kappa shape index (κ1) is 44.9. The Kier molecular flexibility index (Phi) is 15.3. The number of oxime groups is 1. The number of hydrogen-bond donors (Lipinski definition) is 3. The third-order valence-electron chi connectivity index (χ3n) is 11.8. The van der Waals surface area contributed by atoms with E-state index in [1.165, 1.54) is 45.5 Å². The van der Waals surface area contributed by atoms with E-state index in [1.54, 1.807) is 48.5 Å². The number of benzene rings is 3. The molecule has 1 fully saturated rings. The first-order chi connectivity index (χ1) is 29.6. The summed E-state index contributed by atoms with van der Waals surface area (Å²) < 4.78 is 50.3. The van der Waals surface area contributed by atoms with Crippen molar-refractivity contribution in [2.75, 3.05) is 53.6 Å². The highest BCUT2D eigenvalue weighted by Gasteiger charge is 2.65. The number of ether oxygens (including phenoxy) is 6. The van der Waals surface area contributed by atoms with Crippen molar-refractivity contribution in [1.82, 2.24) is 4.90 Å². The van der Waals surface area contributed by atoms with E-state index >= 15 is 0 Å². The molecule has 328 valence electrons. The molecule has 14 nitrogen and oxygen atoms in total. The van der Waals surface area contributed by atoms with E-state index in [9.17, 15) is 24.2 Å². The summed E-state index contributed by atoms with van der Waals surface area (Å²) in [6.07, 6.45) is 6.68. The van der Waals surface area contributed by atoms with Crippen LogP contribution in [0.2, 0.25) is 0 Å². The number of methoxy groups -OCH3 is 3. The highest BCUT2D eigenvalue weighted by atomic mass is 19.1. The summed E-state index contributed by atoms with van der Waals surface area (Å²) in [5.74, 6) is -1.43. The zero-order chi connectivity index (χ0) is 43.5. The average Bonchev–Trinajstić information content (AvgIpc) is 3.27. The Bertz CT molecular complexity index is 2060. The lowest BCUT2D eigenvalue weighted by atomic mass is 9.55. The van der Waals surface area contributed by atoms with E-state index in [0.29, 0.717) is 59.9 Å². The lowest BCUT2D eigenvalue weighted by Crippen LogP contribution is -2.70. The molecule has 15 heteroatoms. The van der Waals surface area contributed by atoms with Crippen LogP contribution < -0.4 is 24.3 Å². The van der Waals surface area contributed by atoms with Crippen molar-refractivity contribution >= 4 is 23.6 Å². The van der Waals surface area contributed by atoms with Gasteiger partial charge in [0.25, 0.3) is 0 Å². The largest absolute Gasteiger partial charge is 0.497 e. The van der Waals surface area contributed by atoms with Crippen molar-refractivity contribution in [3.63, 3.8) is 0 Å². The van der Waals surface area contributed by atoms with Gasteiger partial charge in [-0.15, -0.1) is 6.58 Å². The molecule has 61 heavy (non-hydrogen) atoms. The molecule has 6 atom stereocenters. The maximum Gasteiger partial charge on any atom is 0.417 e. The maximum absolute atomic E-state index is 14.1. The van der Waals surface area contributed by atoms with Gasteiger partial charge in [0.05, 0.1) is 45.3 Å². The van der Waals surface area contributed by atoms with E-state index in [1.807, 2.05) is 6.07 Å². The Labute approximate surface area is 355 Å². The molecule has 2 amide bonds. The van der Waals surface area contributed by atoms with Crippen LogP contribution in [-0.2, 0) is 20.9 Å². The van der Waals surface area contributed by atoms with Crippen LogP contribution in [0.25, 0.3) is 0 Å². The molecule has 2 aliphatic carbocycles. The van der Waals surface area contributed by atoms with Crippen molar-refractivity contribution < 1.29 is 57.5 Å². The van der Waals surface area contributed by atoms with E-state index in [-0.39, 0.29) is 56.3 Å². The molecule has 1 heterocycles. The summed E-state index contributed by atoms with van der Waals surface area (Å²) in [6.45, 7) is 4.11. The molecule has 3 aromatic carbocycles. The molecule has 3 aromatic rings. The summed E-state index contributed by atoms with van der Waals surface area (Å²) in [7, 11) is 5.79. The van der Waals surface area contributed by atoms with Gasteiger partial charge in [0.2, 0.25) is 5.79 Å². The smallest absolute Gasteiger partial charge is 0.417 e. The first-order valence-electron chi connectivity index (χ1n) is 20.6. The molecule has 1 saturated carbocycles. The second kappa shape index (κ2) is 20.8. The summed E-state index contributed by atoms with van der Waals surface area (Å²) in [6, 6.07) is 15.2. The number of hydrogen-bond acceptors (Lipinski definition) is 12. The number of nitrogens with one attached hydrogen (secondary N) is 1. The van der Waals surface area contributed by atoms with Crippen LogP contribution in [0.3, 0.4) is 0 Å². The molecule has 6 rings (SSSR count). The van der Waals surface area contributed by atoms with Gasteiger partial charge >= 0.3 is 12.2 Å². The highest BCUT2D eigenvalue weighted by molar-refractivity contribution is 6.03. The van der Waals surface area contributed by atoms with Crippen LogP contribution in [-0.4, -0.2) is 93.1 Å². The zero-order valence-corrected chi connectivity index (χ0v) is 35.1. The number of aliphatic hydroxyl groups excluding tert-OH is 2. The summed E-state index contributed by atoms with van der Waals surface area (Å²) in [5.41, 5.74) is 3.19. The summed E-state index contributed by atoms with van der Waals surface area (Å²) in [4.78, 5) is 34.5. The SMILES string of the molecule is C=CCO[C@@]12Oc3ccc(OC(=O)Nc4ccc(OC)cc4OC)cc3[C@H]3[C@H](CCCCO)[C@@H](CCCCO)C=C(C(=NOC)C[C@@H]1N(Cc1ccc(F)cc1)C(=O)OC)[C@H]32. The van der Waals surface area contributed by atoms with Gasteiger partial charge in [0.15, 0.2) is 0 Å². The number of carbonyl (C=O) groups excluding carboxylic acids is 2. The van der Waals surface area contributed by atoms with Crippen LogP contribution in [0.1, 0.15) is 62.0 Å². The predicted molar refractivity (Wildman–Crippen MR) is 226 cm³/mol. The van der Waals surface area contributed by atoms with Gasteiger partial charge in [-0.2, -0.15) is 0 Å². The Morgan fingerprint density at radius 3 is 2.38 bits per heavy atom. The van der Waals surface area contributed by atoms with Crippen LogP contribution in [0.4, 0.5) is 19.7 Å². The second-order valence-electron chi connectivity index (χ2n) is 15.3. The van der Waals surface area contributed by atoms with Crippen molar-refractivity contribution in [2.45, 2.75) is 69.2 Å². The van der Waals surface area contributed by atoms with Gasteiger partial charge < -0.3 is 43.5 Å². The molecule has 1 aliphatic heterocycles. The maximum atomic E-state index is 14.1. The van der Waals surface area contributed by atoms with Gasteiger partial charge in [-0.05, 0) is 91.1 Å². The highest BCUT2D eigenvalue weighted by Crippen LogP contribution is 2.62. The zero-order valence-electron chi connectivity index (χ0n) is 35.1. The number of amides is 2. The molecule has 0 radical (unpaired) electrons. The third kappa shape index (κ3) is 9.79. The Morgan fingerprint density at radius 1 is 0.967 bits per heavy atom. The molecule has 3 aliphatic rings. The number of aliphatic hydroxyl groups is 2. The van der Waals surface area contributed by atoms with Crippen LogP contribution in [0.15, 0.2) is 90.1 Å². The van der Waals surface area contributed by atoms with Gasteiger partial charge in [-0.25, -0.2) is 14.0 Å². The van der Waals surface area contributed by atoms with Crippen LogP contribution in [0.5, 0.6) is 23.0 Å². The van der Waals surface area contributed by atoms with Gasteiger partial charge in [-0.3, -0.25) is 10.2 Å². The van der Waals surface area contributed by atoms with Crippen molar-refractivity contribution in [1.29, 1.82) is 0 Å². The minimum absolute atomic E-state index is 0.0190. The van der Waals surface area contributed by atoms with Crippen molar-refractivity contribution in [2.24, 2.45) is 22.9 Å². The van der Waals surface area contributed by atoms with Gasteiger partial charge in [-0.1, -0.05) is 42.3 Å². The fourth-order valence-corrected chi connectivity index (χ4v) is 9.17. The average molecular weight is 846 g/mol. The number of rotatable bonds is 19. The fraction of sp³-hybridized carbons (Fsp3) is 0.457. The van der Waals surface area contributed by atoms with Crippen molar-refractivity contribution in [3.05, 3.63) is 102 Å². The number of fused-ring (bicyclic) bond motifs is 2. The van der Waals surface area contributed by atoms with Crippen molar-refractivity contribution in [3.8, 4) is 23.0 Å². The number of nitrogens with zero attached hydrogens (tertiary/aromatic N) is 2. The number of halogens is 1. The van der Waals surface area contributed by atoms with E-state index in [0.717, 1.165) is 24.0 Å². The van der Waals surface area contributed by atoms with Gasteiger partial charge in [0.1, 0.15) is 42.0 Å². The Morgan fingerprint density at radius 2 is 1.70 bits per heavy atom. The molecule has 0 saturated heterocycles. The first-order valence-corrected chi connectivity index (χ1v) is 20.6. The normalized spacial score (nSPS) is 23.0. The lowest BCUT2D eigenvalue weighted by molar-refractivity contribution is -0.256. The van der Waals surface area contributed by atoms with Gasteiger partial charge in [0, 0.05) is 43.7 Å². The Hall–Kier alpha value is -5.64. The molecule has 0 bridgehead atoms. The molecular formula is C46H56FN3O11. The van der Waals surface area contributed by atoms with Crippen LogP contribution in [0, 0.1) is 23.6 Å². The summed E-state index contributed by atoms with van der Waals surface area (Å²) in [5, 5.41) is 27.1. The molecule has 3 N–H and O–H groups in total. The third-order valence-corrected chi connectivity index (χ3v) is 11.8. The standard InChI is InChI=1S/C46H56FN3O11/c1-6-23-59-46-41(50(45(54)57-4)28-29-13-15-31(47)16-14-29)27-38(49-58-5)35-24-30(11-7-9-21-51)34(12-8-10-22-52)42(43(35)46)36-25-33(18-20-39(36)61-46)60-44(53)48-37-19-17-32(55-2)26-40(37)56-3/h6,13-20,24-26,30,34,41-43,51-52H,1,7-12,21-23,27-28H2,2-5H3,(H,48,53)/t30-,34+,41-,42+,43+,46+/m0/s1. The quantitative estimate of drug-likeness (QED) is 0.0608. The minimum Gasteiger partial charge on any atom is -0.497 e. The molecule has 0 spiro atoms. The Balaban J connectivity index is 1.52. The number of carbonyl (C=O) groups is 2. The predicted octanol–water partition coefficient (Wildman–Crippen LogP) is 7.99. The number of allylic oxidation sites excluding steroid dienone is 1. The summed E-state index contributed by atoms with van der Waals surface area (Å²) >= 11 is 0. The second-order valence-corrected chi connectivity index (χ2v) is 15.3. The molecule has 0 aromatic heterocycles. The number of anilines is 1. The number of unbranched alkanes of at least 4 members (excludes halogenated alkanes) is 2.